The van der Waals surface area contributed by atoms with Crippen molar-refractivity contribution in [3.8, 4) is 11.1 Å². The Bertz CT molecular complexity index is 728. The lowest BCUT2D eigenvalue weighted by atomic mass is 10.0. The summed E-state index contributed by atoms with van der Waals surface area (Å²) in [5, 5.41) is 0. The number of benzene rings is 2. The van der Waals surface area contributed by atoms with Crippen LogP contribution >= 0.6 is 0 Å². The number of hydrogen-bond donors (Lipinski definition) is 0. The fraction of sp³-hybridized carbons (Fsp3) is 0.105. The molecule has 0 fully saturated rings. The summed E-state index contributed by atoms with van der Waals surface area (Å²) < 4.78 is 10.4. The average molecular weight is 292 g/mol. The summed E-state index contributed by atoms with van der Waals surface area (Å²) in [5.41, 5.74) is 3.24. The number of furan rings is 1. The molecule has 1 aromatic heterocycles. The van der Waals surface area contributed by atoms with Gasteiger partial charge in [0.05, 0.1) is 6.26 Å². The molecule has 1 heterocycles. The zero-order chi connectivity index (χ0) is 15.4. The summed E-state index contributed by atoms with van der Waals surface area (Å²) in [6.07, 6.45) is 1.12. The molecule has 110 valence electrons. The number of rotatable bonds is 4. The molecule has 0 saturated heterocycles. The quantitative estimate of drug-likeness (QED) is 0.644. The van der Waals surface area contributed by atoms with Gasteiger partial charge in [-0.2, -0.15) is 0 Å². The van der Waals surface area contributed by atoms with E-state index in [4.69, 9.17) is 9.15 Å². The van der Waals surface area contributed by atoms with Crippen LogP contribution in [0.3, 0.4) is 0 Å². The van der Waals surface area contributed by atoms with Gasteiger partial charge in [0.15, 0.2) is 0 Å². The zero-order valence-corrected chi connectivity index (χ0v) is 12.2. The number of carbonyl (C=O) groups excluding carboxylic acids is 1. The minimum absolute atomic E-state index is 0.216. The summed E-state index contributed by atoms with van der Waals surface area (Å²) in [4.78, 5) is 11.9. The van der Waals surface area contributed by atoms with Gasteiger partial charge in [0.2, 0.25) is 5.76 Å². The molecule has 0 N–H and O–H groups in total. The Morgan fingerprint density at radius 2 is 1.59 bits per heavy atom. The van der Waals surface area contributed by atoms with Crippen LogP contribution in [0.25, 0.3) is 11.1 Å². The minimum atomic E-state index is -0.454. The van der Waals surface area contributed by atoms with Gasteiger partial charge in [0.25, 0.3) is 0 Å². The highest BCUT2D eigenvalue weighted by Crippen LogP contribution is 2.24. The number of ether oxygens (including phenoxy) is 1. The van der Waals surface area contributed by atoms with Gasteiger partial charge in [0, 0.05) is 0 Å². The first-order valence-electron chi connectivity index (χ1n) is 7.14. The van der Waals surface area contributed by atoms with Crippen LogP contribution in [0.4, 0.5) is 0 Å². The largest absolute Gasteiger partial charge is 0.457 e. The van der Waals surface area contributed by atoms with Gasteiger partial charge >= 0.3 is 5.97 Å². The maximum absolute atomic E-state index is 11.9. The van der Waals surface area contributed by atoms with Crippen LogP contribution in [0.1, 0.15) is 29.1 Å². The van der Waals surface area contributed by atoms with Crippen LogP contribution in [0.2, 0.25) is 0 Å². The highest BCUT2D eigenvalue weighted by atomic mass is 16.6. The van der Waals surface area contributed by atoms with Crippen LogP contribution in [-0.4, -0.2) is 5.97 Å². The lowest BCUT2D eigenvalue weighted by molar-refractivity contribution is 0.0301. The van der Waals surface area contributed by atoms with Gasteiger partial charge in [0.1, 0.15) is 6.10 Å². The first-order valence-corrected chi connectivity index (χ1v) is 7.14. The van der Waals surface area contributed by atoms with Gasteiger partial charge in [-0.05, 0) is 35.7 Å². The molecule has 1 atom stereocenters. The molecule has 0 bridgehead atoms. The van der Waals surface area contributed by atoms with Crippen molar-refractivity contribution in [3.05, 3.63) is 84.3 Å². The third-order valence-electron chi connectivity index (χ3n) is 3.49. The van der Waals surface area contributed by atoms with E-state index in [9.17, 15) is 4.79 Å². The monoisotopic (exact) mass is 292 g/mol. The van der Waals surface area contributed by atoms with Gasteiger partial charge in [-0.25, -0.2) is 4.79 Å². The predicted octanol–water partition coefficient (Wildman–Crippen LogP) is 4.86. The molecule has 0 aliphatic heterocycles. The SMILES string of the molecule is CC(OC(=O)c1ccco1)c1ccc(-c2ccccc2)cc1. The van der Waals surface area contributed by atoms with Crippen LogP contribution in [0.15, 0.2) is 77.4 Å². The predicted molar refractivity (Wildman–Crippen MR) is 84.4 cm³/mol. The van der Waals surface area contributed by atoms with E-state index in [0.29, 0.717) is 0 Å². The summed E-state index contributed by atoms with van der Waals surface area (Å²) in [6.45, 7) is 1.85. The maximum Gasteiger partial charge on any atom is 0.374 e. The smallest absolute Gasteiger partial charge is 0.374 e. The molecule has 0 aliphatic carbocycles. The van der Waals surface area contributed by atoms with Gasteiger partial charge in [-0.15, -0.1) is 0 Å². The van der Waals surface area contributed by atoms with E-state index in [0.717, 1.165) is 16.7 Å². The Morgan fingerprint density at radius 1 is 0.909 bits per heavy atom. The Balaban J connectivity index is 1.71. The van der Waals surface area contributed by atoms with Gasteiger partial charge < -0.3 is 9.15 Å². The molecule has 0 spiro atoms. The fourth-order valence-electron chi connectivity index (χ4n) is 2.26. The summed E-state index contributed by atoms with van der Waals surface area (Å²) in [7, 11) is 0. The van der Waals surface area contributed by atoms with Crippen molar-refractivity contribution in [3.63, 3.8) is 0 Å². The minimum Gasteiger partial charge on any atom is -0.457 e. The second-order valence-corrected chi connectivity index (χ2v) is 5.01. The Hall–Kier alpha value is -2.81. The number of hydrogen-bond acceptors (Lipinski definition) is 3. The number of esters is 1. The first kappa shape index (κ1) is 14.1. The highest BCUT2D eigenvalue weighted by Gasteiger charge is 2.15. The van der Waals surface area contributed by atoms with Crippen molar-refractivity contribution in [1.82, 2.24) is 0 Å². The highest BCUT2D eigenvalue weighted by molar-refractivity contribution is 5.86. The molecule has 3 rings (SSSR count). The third-order valence-corrected chi connectivity index (χ3v) is 3.49. The van der Waals surface area contributed by atoms with E-state index < -0.39 is 5.97 Å². The van der Waals surface area contributed by atoms with E-state index >= 15 is 0 Å². The van der Waals surface area contributed by atoms with Crippen molar-refractivity contribution < 1.29 is 13.9 Å². The van der Waals surface area contributed by atoms with Gasteiger partial charge in [-0.1, -0.05) is 54.6 Å². The summed E-state index contributed by atoms with van der Waals surface area (Å²) in [5.74, 6) is -0.239. The topological polar surface area (TPSA) is 39.4 Å². The lowest BCUT2D eigenvalue weighted by Crippen LogP contribution is -2.08. The second-order valence-electron chi connectivity index (χ2n) is 5.01. The average Bonchev–Trinajstić information content (AvgIpc) is 3.10. The van der Waals surface area contributed by atoms with Crippen molar-refractivity contribution in [2.45, 2.75) is 13.0 Å². The molecule has 3 nitrogen and oxygen atoms in total. The summed E-state index contributed by atoms with van der Waals surface area (Å²) in [6, 6.07) is 21.4. The molecular formula is C19H16O3. The van der Waals surface area contributed by atoms with E-state index in [-0.39, 0.29) is 11.9 Å². The van der Waals surface area contributed by atoms with Crippen molar-refractivity contribution in [1.29, 1.82) is 0 Å². The molecule has 2 aromatic carbocycles. The van der Waals surface area contributed by atoms with E-state index in [1.807, 2.05) is 49.4 Å². The van der Waals surface area contributed by atoms with Gasteiger partial charge in [-0.3, -0.25) is 0 Å². The standard InChI is InChI=1S/C19H16O3/c1-14(22-19(20)18-8-5-13-21-18)15-9-11-17(12-10-15)16-6-3-2-4-7-16/h2-14H,1H3. The molecule has 22 heavy (non-hydrogen) atoms. The molecule has 0 saturated carbocycles. The van der Waals surface area contributed by atoms with Crippen LogP contribution < -0.4 is 0 Å². The van der Waals surface area contributed by atoms with Crippen molar-refractivity contribution in [2.75, 3.05) is 0 Å². The summed E-state index contributed by atoms with van der Waals surface area (Å²) >= 11 is 0. The van der Waals surface area contributed by atoms with Crippen molar-refractivity contribution in [2.24, 2.45) is 0 Å². The molecule has 0 amide bonds. The number of carbonyl (C=O) groups is 1. The normalized spacial score (nSPS) is 11.9. The Kier molecular flexibility index (Phi) is 4.05. The maximum atomic E-state index is 11.9. The van der Waals surface area contributed by atoms with E-state index in [1.165, 1.54) is 6.26 Å². The second kappa shape index (κ2) is 6.31. The zero-order valence-electron chi connectivity index (χ0n) is 12.2. The Labute approximate surface area is 129 Å². The fourth-order valence-corrected chi connectivity index (χ4v) is 2.26. The Morgan fingerprint density at radius 3 is 2.23 bits per heavy atom. The van der Waals surface area contributed by atoms with E-state index in [1.54, 1.807) is 12.1 Å². The molecular weight excluding hydrogens is 276 g/mol. The van der Waals surface area contributed by atoms with E-state index in [2.05, 4.69) is 12.1 Å². The molecule has 3 heteroatoms. The first-order chi connectivity index (χ1) is 10.7. The molecule has 3 aromatic rings. The van der Waals surface area contributed by atoms with Crippen LogP contribution in [-0.2, 0) is 4.74 Å². The molecule has 1 unspecified atom stereocenters. The lowest BCUT2D eigenvalue weighted by Gasteiger charge is -2.13. The molecule has 0 radical (unpaired) electrons. The molecule has 0 aliphatic rings. The van der Waals surface area contributed by atoms with Crippen molar-refractivity contribution >= 4 is 5.97 Å². The van der Waals surface area contributed by atoms with Crippen LogP contribution in [0.5, 0.6) is 0 Å². The van der Waals surface area contributed by atoms with Crippen LogP contribution in [0, 0.1) is 0 Å². The third kappa shape index (κ3) is 3.09.